The molecule has 2 aromatic rings. The van der Waals surface area contributed by atoms with Gasteiger partial charge in [0, 0.05) is 19.3 Å². The van der Waals surface area contributed by atoms with E-state index in [9.17, 15) is 9.59 Å². The lowest BCUT2D eigenvalue weighted by molar-refractivity contribution is -0.142. The van der Waals surface area contributed by atoms with Crippen molar-refractivity contribution >= 4 is 17.7 Å². The lowest BCUT2D eigenvalue weighted by atomic mass is 9.92. The van der Waals surface area contributed by atoms with Crippen LogP contribution in [0.1, 0.15) is 42.4 Å². The molecule has 0 aliphatic carbocycles. The number of carbonyl (C=O) groups excluding carboxylic acids is 2. The number of nitrogens with one attached hydrogen (secondary N) is 1. The highest BCUT2D eigenvalue weighted by Crippen LogP contribution is 2.24. The molecular weight excluding hydrogens is 346 g/mol. The van der Waals surface area contributed by atoms with E-state index in [-0.39, 0.29) is 12.1 Å². The summed E-state index contributed by atoms with van der Waals surface area (Å²) >= 11 is 0. The van der Waals surface area contributed by atoms with Gasteiger partial charge in [-0.1, -0.05) is 6.07 Å². The SMILES string of the molecule is COC(=O)C[C@](C)(NC(=O)c1ccc(N2CCCC2)nn1)c1ccccn1. The van der Waals surface area contributed by atoms with Crippen LogP contribution in [0, 0.1) is 0 Å². The van der Waals surface area contributed by atoms with E-state index in [4.69, 9.17) is 4.74 Å². The molecule has 8 nitrogen and oxygen atoms in total. The van der Waals surface area contributed by atoms with Crippen molar-refractivity contribution in [2.24, 2.45) is 0 Å². The van der Waals surface area contributed by atoms with Gasteiger partial charge in [-0.3, -0.25) is 14.6 Å². The minimum Gasteiger partial charge on any atom is -0.469 e. The number of aromatic nitrogens is 3. The summed E-state index contributed by atoms with van der Waals surface area (Å²) in [6.07, 6.45) is 3.84. The monoisotopic (exact) mass is 369 g/mol. The zero-order valence-electron chi connectivity index (χ0n) is 15.5. The summed E-state index contributed by atoms with van der Waals surface area (Å²) in [5.74, 6) is -0.0995. The maximum Gasteiger partial charge on any atom is 0.308 e. The second-order valence-corrected chi connectivity index (χ2v) is 6.73. The maximum atomic E-state index is 12.7. The van der Waals surface area contributed by atoms with Crippen molar-refractivity contribution in [3.8, 4) is 0 Å². The molecule has 1 amide bonds. The van der Waals surface area contributed by atoms with Gasteiger partial charge in [0.2, 0.25) is 0 Å². The van der Waals surface area contributed by atoms with Gasteiger partial charge in [0.15, 0.2) is 11.5 Å². The van der Waals surface area contributed by atoms with Gasteiger partial charge in [-0.15, -0.1) is 10.2 Å². The molecule has 8 heteroatoms. The predicted octanol–water partition coefficient (Wildman–Crippen LogP) is 1.68. The van der Waals surface area contributed by atoms with E-state index in [0.717, 1.165) is 31.7 Å². The standard InChI is InChI=1S/C19H23N5O3/c1-19(13-17(25)27-2,15-7-3-4-10-20-15)21-18(26)14-8-9-16(23-22-14)24-11-5-6-12-24/h3-4,7-10H,5-6,11-13H2,1-2H3,(H,21,26)/t19-/m0/s1. The number of ether oxygens (including phenoxy) is 1. The fraction of sp³-hybridized carbons (Fsp3) is 0.421. The van der Waals surface area contributed by atoms with Crippen molar-refractivity contribution in [3.63, 3.8) is 0 Å². The van der Waals surface area contributed by atoms with Crippen LogP contribution in [0.2, 0.25) is 0 Å². The van der Waals surface area contributed by atoms with Crippen LogP contribution in [0.4, 0.5) is 5.82 Å². The normalized spacial score (nSPS) is 15.9. The molecule has 27 heavy (non-hydrogen) atoms. The topological polar surface area (TPSA) is 97.3 Å². The summed E-state index contributed by atoms with van der Waals surface area (Å²) < 4.78 is 4.78. The Morgan fingerprint density at radius 3 is 2.56 bits per heavy atom. The lowest BCUT2D eigenvalue weighted by Crippen LogP contribution is -2.46. The van der Waals surface area contributed by atoms with E-state index < -0.39 is 17.4 Å². The molecule has 142 valence electrons. The van der Waals surface area contributed by atoms with Crippen molar-refractivity contribution in [1.82, 2.24) is 20.5 Å². The predicted molar refractivity (Wildman–Crippen MR) is 99.2 cm³/mol. The van der Waals surface area contributed by atoms with E-state index in [1.165, 1.54) is 7.11 Å². The van der Waals surface area contributed by atoms with E-state index in [2.05, 4.69) is 25.4 Å². The molecule has 1 N–H and O–H groups in total. The first kappa shape index (κ1) is 18.8. The van der Waals surface area contributed by atoms with Crippen molar-refractivity contribution in [1.29, 1.82) is 0 Å². The Bertz CT molecular complexity index is 791. The van der Waals surface area contributed by atoms with E-state index in [1.54, 1.807) is 43.5 Å². The number of amides is 1. The van der Waals surface area contributed by atoms with Crippen LogP contribution in [0.15, 0.2) is 36.5 Å². The van der Waals surface area contributed by atoms with Crippen molar-refractivity contribution in [3.05, 3.63) is 47.9 Å². The first-order chi connectivity index (χ1) is 13.0. The highest BCUT2D eigenvalue weighted by Gasteiger charge is 2.34. The zero-order chi connectivity index (χ0) is 19.3. The smallest absolute Gasteiger partial charge is 0.308 e. The molecule has 1 aliphatic rings. The molecular formula is C19H23N5O3. The number of anilines is 1. The molecule has 0 saturated carbocycles. The first-order valence-electron chi connectivity index (χ1n) is 8.91. The molecule has 0 unspecified atom stereocenters. The summed E-state index contributed by atoms with van der Waals surface area (Å²) in [4.78, 5) is 31.0. The average Bonchev–Trinajstić information content (AvgIpc) is 3.23. The van der Waals surface area contributed by atoms with Crippen molar-refractivity contribution in [2.45, 2.75) is 31.7 Å². The van der Waals surface area contributed by atoms with E-state index >= 15 is 0 Å². The van der Waals surface area contributed by atoms with Gasteiger partial charge in [-0.2, -0.15) is 0 Å². The number of methoxy groups -OCH3 is 1. The number of rotatable bonds is 6. The molecule has 3 rings (SSSR count). The van der Waals surface area contributed by atoms with Crippen LogP contribution in [-0.2, 0) is 15.1 Å². The van der Waals surface area contributed by atoms with Gasteiger partial charge < -0.3 is 15.0 Å². The lowest BCUT2D eigenvalue weighted by Gasteiger charge is -2.29. The van der Waals surface area contributed by atoms with Crippen molar-refractivity contribution in [2.75, 3.05) is 25.1 Å². The Balaban J connectivity index is 1.78. The Hall–Kier alpha value is -3.03. The molecule has 0 bridgehead atoms. The van der Waals surface area contributed by atoms with Gasteiger partial charge in [-0.05, 0) is 44.0 Å². The number of nitrogens with zero attached hydrogens (tertiary/aromatic N) is 4. The Labute approximate surface area is 158 Å². The quantitative estimate of drug-likeness (QED) is 0.774. The molecule has 2 aromatic heterocycles. The minimum absolute atomic E-state index is 0.0501. The minimum atomic E-state index is -1.03. The Kier molecular flexibility index (Phi) is 5.63. The van der Waals surface area contributed by atoms with Crippen LogP contribution in [0.3, 0.4) is 0 Å². The van der Waals surface area contributed by atoms with Crippen molar-refractivity contribution < 1.29 is 14.3 Å². The number of pyridine rings is 1. The molecule has 1 aliphatic heterocycles. The first-order valence-corrected chi connectivity index (χ1v) is 8.91. The van der Waals surface area contributed by atoms with Crippen LogP contribution < -0.4 is 10.2 Å². The van der Waals surface area contributed by atoms with E-state index in [0.29, 0.717) is 5.69 Å². The highest BCUT2D eigenvalue weighted by molar-refractivity contribution is 5.93. The fourth-order valence-corrected chi connectivity index (χ4v) is 3.12. The number of esters is 1. The highest BCUT2D eigenvalue weighted by atomic mass is 16.5. The fourth-order valence-electron chi connectivity index (χ4n) is 3.12. The summed E-state index contributed by atoms with van der Waals surface area (Å²) in [5.41, 5.74) is -0.281. The molecule has 1 saturated heterocycles. The molecule has 0 aromatic carbocycles. The second-order valence-electron chi connectivity index (χ2n) is 6.73. The molecule has 0 radical (unpaired) electrons. The summed E-state index contributed by atoms with van der Waals surface area (Å²) in [6.45, 7) is 3.64. The average molecular weight is 369 g/mol. The number of hydrogen-bond donors (Lipinski definition) is 1. The van der Waals surface area contributed by atoms with Crippen LogP contribution in [0.5, 0.6) is 0 Å². The Morgan fingerprint density at radius 1 is 1.19 bits per heavy atom. The van der Waals surface area contributed by atoms with E-state index in [1.807, 2.05) is 0 Å². The van der Waals surface area contributed by atoms with Gasteiger partial charge >= 0.3 is 5.97 Å². The largest absolute Gasteiger partial charge is 0.469 e. The summed E-state index contributed by atoms with van der Waals surface area (Å²) in [5, 5.41) is 11.1. The second kappa shape index (κ2) is 8.11. The zero-order valence-corrected chi connectivity index (χ0v) is 15.5. The maximum absolute atomic E-state index is 12.7. The van der Waals surface area contributed by atoms with Gasteiger partial charge in [-0.25, -0.2) is 0 Å². The third kappa shape index (κ3) is 4.39. The Morgan fingerprint density at radius 2 is 1.96 bits per heavy atom. The molecule has 0 spiro atoms. The molecule has 3 heterocycles. The van der Waals surface area contributed by atoms with Gasteiger partial charge in [0.25, 0.3) is 5.91 Å². The summed E-state index contributed by atoms with van der Waals surface area (Å²) in [7, 11) is 1.31. The third-order valence-electron chi connectivity index (χ3n) is 4.66. The van der Waals surface area contributed by atoms with Gasteiger partial charge in [0.1, 0.15) is 0 Å². The molecule has 1 atom stereocenters. The van der Waals surface area contributed by atoms with Crippen LogP contribution in [-0.4, -0.2) is 47.3 Å². The number of hydrogen-bond acceptors (Lipinski definition) is 7. The summed E-state index contributed by atoms with van der Waals surface area (Å²) in [6, 6.07) is 8.77. The third-order valence-corrected chi connectivity index (χ3v) is 4.66. The van der Waals surface area contributed by atoms with Crippen LogP contribution >= 0.6 is 0 Å². The van der Waals surface area contributed by atoms with Gasteiger partial charge in [0.05, 0.1) is 24.8 Å². The van der Waals surface area contributed by atoms with Crippen LogP contribution in [0.25, 0.3) is 0 Å². The number of carbonyl (C=O) groups is 2. The molecule has 1 fully saturated rings.